The highest BCUT2D eigenvalue weighted by atomic mass is 35.5. The predicted molar refractivity (Wildman–Crippen MR) is 118 cm³/mol. The molecule has 3 aromatic carbocycles. The SMILES string of the molecule is CON(C)S(=O)(=O)c1c(Cl)ccc(Nc2c(NC(C)c3ccc(F)cc3)c(=O)c2=O)c1O. The molecule has 0 amide bonds. The third kappa shape index (κ3) is 4.19. The Bertz CT molecular complexity index is 1340. The van der Waals surface area contributed by atoms with Gasteiger partial charge in [0.25, 0.3) is 20.9 Å². The van der Waals surface area contributed by atoms with E-state index in [1.807, 2.05) is 0 Å². The number of anilines is 3. The van der Waals surface area contributed by atoms with Crippen molar-refractivity contribution in [2.24, 2.45) is 0 Å². The van der Waals surface area contributed by atoms with Crippen LogP contribution in [0.4, 0.5) is 21.5 Å². The molecule has 0 spiro atoms. The van der Waals surface area contributed by atoms with Crippen LogP contribution in [0.3, 0.4) is 0 Å². The first kappa shape index (κ1) is 23.7. The maximum Gasteiger partial charge on any atom is 0.269 e. The second kappa shape index (κ2) is 8.87. The standard InChI is InChI=1S/C20H19ClFN3O6S/c1-10(11-4-6-12(22)7-5-11)23-15-16(19(28)18(15)27)24-14-9-8-13(21)20(17(14)26)32(29,30)25(2)31-3/h4-10,23-24,26H,1-3H3. The lowest BCUT2D eigenvalue weighted by molar-refractivity contribution is -0.0259. The zero-order valence-electron chi connectivity index (χ0n) is 17.1. The fraction of sp³-hybridized carbons (Fsp3) is 0.200. The molecule has 0 aliphatic heterocycles. The van der Waals surface area contributed by atoms with E-state index in [2.05, 4.69) is 15.5 Å². The monoisotopic (exact) mass is 483 g/mol. The summed E-state index contributed by atoms with van der Waals surface area (Å²) in [7, 11) is -2.09. The Morgan fingerprint density at radius 1 is 1.09 bits per heavy atom. The van der Waals surface area contributed by atoms with Crippen molar-refractivity contribution in [3.63, 3.8) is 0 Å². The van der Waals surface area contributed by atoms with Gasteiger partial charge in [-0.3, -0.25) is 14.4 Å². The van der Waals surface area contributed by atoms with Crippen LogP contribution in [0.2, 0.25) is 5.02 Å². The number of sulfonamides is 1. The van der Waals surface area contributed by atoms with Crippen molar-refractivity contribution in [1.82, 2.24) is 4.47 Å². The van der Waals surface area contributed by atoms with Crippen LogP contribution < -0.4 is 21.5 Å². The Kier molecular flexibility index (Phi) is 6.56. The molecule has 9 nitrogen and oxygen atoms in total. The van der Waals surface area contributed by atoms with Crippen molar-refractivity contribution in [3.05, 3.63) is 73.2 Å². The van der Waals surface area contributed by atoms with Gasteiger partial charge < -0.3 is 15.7 Å². The number of hydrogen-bond donors (Lipinski definition) is 3. The molecule has 0 bridgehead atoms. The predicted octanol–water partition coefficient (Wildman–Crippen LogP) is 2.88. The zero-order chi connectivity index (χ0) is 23.8. The van der Waals surface area contributed by atoms with Crippen LogP contribution in [-0.4, -0.2) is 32.2 Å². The summed E-state index contributed by atoms with van der Waals surface area (Å²) in [5.41, 5.74) is -1.36. The molecule has 170 valence electrons. The summed E-state index contributed by atoms with van der Waals surface area (Å²) in [5, 5.41) is 15.8. The minimum Gasteiger partial charge on any atom is -0.504 e. The number of halogens is 2. The van der Waals surface area contributed by atoms with E-state index < -0.39 is 43.4 Å². The van der Waals surface area contributed by atoms with Gasteiger partial charge in [-0.05, 0) is 36.8 Å². The molecule has 1 unspecified atom stereocenters. The first-order chi connectivity index (χ1) is 15.0. The maximum atomic E-state index is 13.1. The number of aromatic hydroxyl groups is 1. The molecule has 3 N–H and O–H groups in total. The van der Waals surface area contributed by atoms with Crippen molar-refractivity contribution >= 4 is 38.7 Å². The van der Waals surface area contributed by atoms with Gasteiger partial charge in [0.1, 0.15) is 22.1 Å². The minimum atomic E-state index is -4.32. The van der Waals surface area contributed by atoms with E-state index in [0.717, 1.165) is 14.2 Å². The Labute approximate surface area is 187 Å². The summed E-state index contributed by atoms with van der Waals surface area (Å²) in [6, 6.07) is 7.59. The lowest BCUT2D eigenvalue weighted by Crippen LogP contribution is -2.37. The number of hydroxylamine groups is 1. The highest BCUT2D eigenvalue weighted by Gasteiger charge is 2.30. The van der Waals surface area contributed by atoms with E-state index >= 15 is 0 Å². The zero-order valence-corrected chi connectivity index (χ0v) is 18.7. The molecule has 0 heterocycles. The molecule has 1 atom stereocenters. The first-order valence-electron chi connectivity index (χ1n) is 9.15. The number of hydrogen-bond acceptors (Lipinski definition) is 8. The van der Waals surface area contributed by atoms with Crippen LogP contribution in [-0.2, 0) is 14.9 Å². The smallest absolute Gasteiger partial charge is 0.269 e. The molecule has 0 aromatic heterocycles. The summed E-state index contributed by atoms with van der Waals surface area (Å²) < 4.78 is 38.8. The van der Waals surface area contributed by atoms with Crippen LogP contribution >= 0.6 is 11.6 Å². The Morgan fingerprint density at radius 2 is 1.69 bits per heavy atom. The Balaban J connectivity index is 1.95. The molecule has 3 aromatic rings. The second-order valence-corrected chi connectivity index (χ2v) is 9.10. The molecule has 32 heavy (non-hydrogen) atoms. The molecule has 0 saturated carbocycles. The molecular weight excluding hydrogens is 465 g/mol. The number of phenols is 1. The molecule has 0 saturated heterocycles. The number of nitrogens with zero attached hydrogens (tertiary/aromatic N) is 1. The Hall–Kier alpha value is -2.99. The van der Waals surface area contributed by atoms with Crippen molar-refractivity contribution in [3.8, 4) is 5.75 Å². The second-order valence-electron chi connectivity index (χ2n) is 6.82. The van der Waals surface area contributed by atoms with Crippen LogP contribution in [0, 0.1) is 5.82 Å². The average Bonchev–Trinajstić information content (AvgIpc) is 2.76. The van der Waals surface area contributed by atoms with Crippen LogP contribution in [0.5, 0.6) is 5.75 Å². The molecule has 0 aliphatic carbocycles. The van der Waals surface area contributed by atoms with Crippen molar-refractivity contribution in [2.45, 2.75) is 17.9 Å². The van der Waals surface area contributed by atoms with Gasteiger partial charge in [0.15, 0.2) is 5.75 Å². The third-order valence-electron chi connectivity index (χ3n) is 4.84. The van der Waals surface area contributed by atoms with E-state index in [1.54, 1.807) is 6.92 Å². The number of rotatable bonds is 8. The number of benzene rings is 2. The van der Waals surface area contributed by atoms with E-state index in [1.165, 1.54) is 36.4 Å². The molecule has 12 heteroatoms. The summed E-state index contributed by atoms with van der Waals surface area (Å²) in [6.45, 7) is 1.71. The molecule has 3 rings (SSSR count). The van der Waals surface area contributed by atoms with Crippen LogP contribution in [0.25, 0.3) is 0 Å². The van der Waals surface area contributed by atoms with E-state index in [4.69, 9.17) is 11.6 Å². The minimum absolute atomic E-state index is 0.0559. The molecule has 0 radical (unpaired) electrons. The lowest BCUT2D eigenvalue weighted by Gasteiger charge is -2.21. The number of nitrogens with one attached hydrogen (secondary N) is 2. The van der Waals surface area contributed by atoms with Gasteiger partial charge in [-0.15, -0.1) is 0 Å². The quantitative estimate of drug-likeness (QED) is 0.254. The molecular formula is C20H19ClFN3O6S. The van der Waals surface area contributed by atoms with Gasteiger partial charge in [-0.25, -0.2) is 12.8 Å². The number of phenolic OH excluding ortho intramolecular Hbond substituents is 1. The highest BCUT2D eigenvalue weighted by Crippen LogP contribution is 2.40. The van der Waals surface area contributed by atoms with Crippen molar-refractivity contribution in [2.75, 3.05) is 24.8 Å². The summed E-state index contributed by atoms with van der Waals surface area (Å²) in [5.74, 6) is -1.17. The van der Waals surface area contributed by atoms with Crippen LogP contribution in [0.15, 0.2) is 50.9 Å². The fourth-order valence-corrected chi connectivity index (χ4v) is 4.52. The van der Waals surface area contributed by atoms with Crippen molar-refractivity contribution in [1.29, 1.82) is 0 Å². The van der Waals surface area contributed by atoms with Crippen LogP contribution in [0.1, 0.15) is 18.5 Å². The van der Waals surface area contributed by atoms with Gasteiger partial charge in [0, 0.05) is 13.1 Å². The van der Waals surface area contributed by atoms with Crippen molar-refractivity contribution < 1.29 is 22.8 Å². The van der Waals surface area contributed by atoms with E-state index in [-0.39, 0.29) is 22.1 Å². The third-order valence-corrected chi connectivity index (χ3v) is 7.02. The van der Waals surface area contributed by atoms with Gasteiger partial charge in [-0.2, -0.15) is 0 Å². The average molecular weight is 484 g/mol. The molecule has 0 aliphatic rings. The fourth-order valence-electron chi connectivity index (χ4n) is 2.95. The first-order valence-corrected chi connectivity index (χ1v) is 11.0. The normalized spacial score (nSPS) is 12.8. The lowest BCUT2D eigenvalue weighted by atomic mass is 10.1. The highest BCUT2D eigenvalue weighted by molar-refractivity contribution is 7.89. The topological polar surface area (TPSA) is 125 Å². The van der Waals surface area contributed by atoms with E-state index in [0.29, 0.717) is 10.0 Å². The van der Waals surface area contributed by atoms with E-state index in [9.17, 15) is 27.5 Å². The van der Waals surface area contributed by atoms with Gasteiger partial charge in [0.2, 0.25) is 0 Å². The summed E-state index contributed by atoms with van der Waals surface area (Å²) >= 11 is 5.98. The Morgan fingerprint density at radius 3 is 2.28 bits per heavy atom. The maximum absolute atomic E-state index is 13.1. The van der Waals surface area contributed by atoms with Gasteiger partial charge in [-0.1, -0.05) is 28.2 Å². The summed E-state index contributed by atoms with van der Waals surface area (Å²) in [4.78, 5) is 28.3. The largest absolute Gasteiger partial charge is 0.504 e. The van der Waals surface area contributed by atoms with Gasteiger partial charge >= 0.3 is 0 Å². The summed E-state index contributed by atoms with van der Waals surface area (Å²) in [6.07, 6.45) is 0. The van der Waals surface area contributed by atoms with Gasteiger partial charge in [0.05, 0.1) is 17.8 Å². The molecule has 0 fully saturated rings.